The standard InChI is InChI=1S/C12H19F2N3OS.2ClH/c1-11(2,3)10-17-8(5-19-10)4-9(18)16-7-12(13,14)6-15;;/h5H,4,6-7,15H2,1-3H3,(H,16,18);2*1H. The summed E-state index contributed by atoms with van der Waals surface area (Å²) in [7, 11) is 0. The molecule has 0 aliphatic heterocycles. The minimum Gasteiger partial charge on any atom is -0.350 e. The maximum atomic E-state index is 12.9. The molecule has 124 valence electrons. The monoisotopic (exact) mass is 363 g/mol. The van der Waals surface area contributed by atoms with Crippen molar-refractivity contribution >= 4 is 42.1 Å². The Labute approximate surface area is 139 Å². The van der Waals surface area contributed by atoms with Crippen molar-refractivity contribution in [2.45, 2.75) is 38.5 Å². The molecule has 21 heavy (non-hydrogen) atoms. The van der Waals surface area contributed by atoms with Crippen LogP contribution in [-0.2, 0) is 16.6 Å². The summed E-state index contributed by atoms with van der Waals surface area (Å²) in [6, 6.07) is 0. The van der Waals surface area contributed by atoms with Gasteiger partial charge < -0.3 is 11.1 Å². The lowest BCUT2D eigenvalue weighted by atomic mass is 9.98. The Morgan fingerprint density at radius 3 is 2.38 bits per heavy atom. The summed E-state index contributed by atoms with van der Waals surface area (Å²) >= 11 is 1.47. The minimum absolute atomic E-state index is 0. The summed E-state index contributed by atoms with van der Waals surface area (Å²) in [6.07, 6.45) is 0.00717. The number of carbonyl (C=O) groups is 1. The van der Waals surface area contributed by atoms with Crippen molar-refractivity contribution < 1.29 is 13.6 Å². The Balaban J connectivity index is 0. The van der Waals surface area contributed by atoms with Crippen molar-refractivity contribution in [2.24, 2.45) is 5.73 Å². The van der Waals surface area contributed by atoms with E-state index < -0.39 is 24.9 Å². The Morgan fingerprint density at radius 1 is 1.38 bits per heavy atom. The van der Waals surface area contributed by atoms with E-state index in [2.05, 4.69) is 10.3 Å². The second-order valence-electron chi connectivity index (χ2n) is 5.41. The van der Waals surface area contributed by atoms with Crippen LogP contribution in [0, 0.1) is 0 Å². The van der Waals surface area contributed by atoms with E-state index in [1.54, 1.807) is 5.38 Å². The van der Waals surface area contributed by atoms with E-state index in [1.807, 2.05) is 20.8 Å². The fraction of sp³-hybridized carbons (Fsp3) is 0.667. The zero-order chi connectivity index (χ0) is 14.7. The van der Waals surface area contributed by atoms with Crippen LogP contribution in [0.25, 0.3) is 0 Å². The number of nitrogens with zero attached hydrogens (tertiary/aromatic N) is 1. The van der Waals surface area contributed by atoms with Crippen LogP contribution in [0.1, 0.15) is 31.5 Å². The molecule has 0 saturated heterocycles. The molecule has 0 bridgehead atoms. The number of carbonyl (C=O) groups excluding carboxylic acids is 1. The van der Waals surface area contributed by atoms with Gasteiger partial charge in [0.05, 0.1) is 30.2 Å². The molecule has 0 radical (unpaired) electrons. The van der Waals surface area contributed by atoms with Gasteiger partial charge in [0.1, 0.15) is 0 Å². The number of halogens is 4. The zero-order valence-electron chi connectivity index (χ0n) is 12.1. The molecule has 4 nitrogen and oxygen atoms in total. The summed E-state index contributed by atoms with van der Waals surface area (Å²) in [4.78, 5) is 15.8. The van der Waals surface area contributed by atoms with Crippen molar-refractivity contribution in [3.63, 3.8) is 0 Å². The molecular formula is C12H21Cl2F2N3OS. The van der Waals surface area contributed by atoms with Gasteiger partial charge in [-0.05, 0) is 0 Å². The third-order valence-electron chi connectivity index (χ3n) is 2.38. The average Bonchev–Trinajstić information content (AvgIpc) is 2.75. The summed E-state index contributed by atoms with van der Waals surface area (Å²) < 4.78 is 25.7. The van der Waals surface area contributed by atoms with E-state index >= 15 is 0 Å². The molecule has 0 saturated carbocycles. The average molecular weight is 364 g/mol. The molecule has 1 heterocycles. The Bertz CT molecular complexity index is 450. The molecule has 3 N–H and O–H groups in total. The zero-order valence-corrected chi connectivity index (χ0v) is 14.6. The van der Waals surface area contributed by atoms with Crippen LogP contribution in [0.15, 0.2) is 5.38 Å². The van der Waals surface area contributed by atoms with Gasteiger partial charge in [-0.2, -0.15) is 0 Å². The summed E-state index contributed by atoms with van der Waals surface area (Å²) in [5, 5.41) is 4.86. The SMILES string of the molecule is CC(C)(C)c1nc(CC(=O)NCC(F)(F)CN)cs1.Cl.Cl. The summed E-state index contributed by atoms with van der Waals surface area (Å²) in [6.45, 7) is 4.56. The quantitative estimate of drug-likeness (QED) is 0.844. The van der Waals surface area contributed by atoms with Crippen molar-refractivity contribution in [3.05, 3.63) is 16.1 Å². The molecule has 0 aromatic carbocycles. The maximum Gasteiger partial charge on any atom is 0.277 e. The van der Waals surface area contributed by atoms with E-state index in [1.165, 1.54) is 11.3 Å². The number of rotatable bonds is 5. The topological polar surface area (TPSA) is 68.0 Å². The Kier molecular flexibility index (Phi) is 9.57. The van der Waals surface area contributed by atoms with Gasteiger partial charge in [0, 0.05) is 10.8 Å². The fourth-order valence-corrected chi connectivity index (χ4v) is 2.17. The molecule has 0 atom stereocenters. The fourth-order valence-electron chi connectivity index (χ4n) is 1.26. The summed E-state index contributed by atoms with van der Waals surface area (Å²) in [5.74, 6) is -3.53. The molecule has 9 heteroatoms. The van der Waals surface area contributed by atoms with E-state index in [4.69, 9.17) is 5.73 Å². The van der Waals surface area contributed by atoms with Gasteiger partial charge in [-0.25, -0.2) is 13.8 Å². The first-order valence-electron chi connectivity index (χ1n) is 5.93. The lowest BCUT2D eigenvalue weighted by Gasteiger charge is -2.14. The second kappa shape index (κ2) is 8.82. The van der Waals surface area contributed by atoms with Gasteiger partial charge in [-0.1, -0.05) is 20.8 Å². The normalized spacial score (nSPS) is 11.3. The number of nitrogens with one attached hydrogen (secondary N) is 1. The summed E-state index contributed by atoms with van der Waals surface area (Å²) in [5.41, 5.74) is 5.41. The first-order valence-corrected chi connectivity index (χ1v) is 6.81. The van der Waals surface area contributed by atoms with Crippen LogP contribution in [0.2, 0.25) is 0 Å². The Morgan fingerprint density at radius 2 is 1.95 bits per heavy atom. The molecule has 1 amide bonds. The van der Waals surface area contributed by atoms with E-state index in [9.17, 15) is 13.6 Å². The number of amides is 1. The number of hydrogen-bond acceptors (Lipinski definition) is 4. The molecule has 1 rings (SSSR count). The number of aromatic nitrogens is 1. The largest absolute Gasteiger partial charge is 0.350 e. The molecule has 1 aromatic rings. The highest BCUT2D eigenvalue weighted by molar-refractivity contribution is 7.09. The van der Waals surface area contributed by atoms with Crippen LogP contribution in [0.5, 0.6) is 0 Å². The van der Waals surface area contributed by atoms with Gasteiger partial charge >= 0.3 is 0 Å². The first-order chi connectivity index (χ1) is 8.64. The smallest absolute Gasteiger partial charge is 0.277 e. The lowest BCUT2D eigenvalue weighted by Crippen LogP contribution is -2.42. The third-order valence-corrected chi connectivity index (χ3v) is 3.69. The molecule has 0 aliphatic rings. The first kappa shape index (κ1) is 22.8. The van der Waals surface area contributed by atoms with Crippen molar-refractivity contribution in [1.29, 1.82) is 0 Å². The van der Waals surface area contributed by atoms with Gasteiger partial charge in [-0.15, -0.1) is 36.2 Å². The molecule has 0 fully saturated rings. The van der Waals surface area contributed by atoms with E-state index in [-0.39, 0.29) is 36.6 Å². The predicted octanol–water partition coefficient (Wildman–Crippen LogP) is 2.54. The van der Waals surface area contributed by atoms with Crippen LogP contribution in [0.4, 0.5) is 8.78 Å². The van der Waals surface area contributed by atoms with Gasteiger partial charge in [0.15, 0.2) is 0 Å². The van der Waals surface area contributed by atoms with E-state index in [0.717, 1.165) is 5.01 Å². The number of thiazole rings is 1. The van der Waals surface area contributed by atoms with Gasteiger partial charge in [-0.3, -0.25) is 4.79 Å². The molecule has 1 aromatic heterocycles. The second-order valence-corrected chi connectivity index (χ2v) is 6.27. The van der Waals surface area contributed by atoms with Gasteiger partial charge in [0.2, 0.25) is 5.91 Å². The van der Waals surface area contributed by atoms with E-state index in [0.29, 0.717) is 5.69 Å². The Hall–Kier alpha value is -0.500. The molecule has 0 unspecified atom stereocenters. The molecule has 0 aliphatic carbocycles. The van der Waals surface area contributed by atoms with Crippen LogP contribution in [0.3, 0.4) is 0 Å². The number of hydrogen-bond donors (Lipinski definition) is 2. The molecular weight excluding hydrogens is 343 g/mol. The predicted molar refractivity (Wildman–Crippen MR) is 86.0 cm³/mol. The minimum atomic E-state index is -3.06. The maximum absolute atomic E-state index is 12.9. The lowest BCUT2D eigenvalue weighted by molar-refractivity contribution is -0.122. The third kappa shape index (κ3) is 7.90. The van der Waals surface area contributed by atoms with Crippen molar-refractivity contribution in [1.82, 2.24) is 10.3 Å². The van der Waals surface area contributed by atoms with Crippen molar-refractivity contribution in [2.75, 3.05) is 13.1 Å². The van der Waals surface area contributed by atoms with Gasteiger partial charge in [0.25, 0.3) is 5.92 Å². The van der Waals surface area contributed by atoms with Crippen LogP contribution in [-0.4, -0.2) is 29.9 Å². The highest BCUT2D eigenvalue weighted by Crippen LogP contribution is 2.25. The highest BCUT2D eigenvalue weighted by atomic mass is 35.5. The van der Waals surface area contributed by atoms with Crippen molar-refractivity contribution in [3.8, 4) is 0 Å². The number of alkyl halides is 2. The molecule has 0 spiro atoms. The highest BCUT2D eigenvalue weighted by Gasteiger charge is 2.27. The van der Waals surface area contributed by atoms with Crippen LogP contribution >= 0.6 is 36.2 Å². The van der Waals surface area contributed by atoms with Crippen LogP contribution < -0.4 is 11.1 Å². The number of nitrogens with two attached hydrogens (primary N) is 1.